The Morgan fingerprint density at radius 1 is 0.773 bits per heavy atom. The minimum Gasteiger partial charge on any atom is -0.485 e. The van der Waals surface area contributed by atoms with E-state index in [-0.39, 0.29) is 34.3 Å². The van der Waals surface area contributed by atoms with E-state index < -0.39 is 54.6 Å². The molecule has 6 aromatic rings. The van der Waals surface area contributed by atoms with Crippen LogP contribution >= 0.6 is 85.2 Å². The van der Waals surface area contributed by atoms with Crippen molar-refractivity contribution in [2.45, 2.75) is 53.2 Å². The molecule has 352 valence electrons. The smallest absolute Gasteiger partial charge is 0.419 e. The second-order valence-corrected chi connectivity index (χ2v) is 24.1. The number of rotatable bonds is 12. The van der Waals surface area contributed by atoms with Crippen molar-refractivity contribution in [2.75, 3.05) is 34.7 Å². The van der Waals surface area contributed by atoms with Gasteiger partial charge in [-0.3, -0.25) is 4.72 Å². The number of nitrogens with one attached hydrogen (secondary N) is 3. The third-order valence-corrected chi connectivity index (χ3v) is 19.2. The molecule has 0 amide bonds. The second-order valence-electron chi connectivity index (χ2n) is 15.6. The van der Waals surface area contributed by atoms with Gasteiger partial charge < -0.3 is 20.1 Å². The lowest BCUT2D eigenvalue weighted by molar-refractivity contribution is -0.139. The molecule has 4 heterocycles. The van der Waals surface area contributed by atoms with Crippen LogP contribution in [0.25, 0.3) is 20.9 Å². The van der Waals surface area contributed by atoms with Crippen LogP contribution in [0.1, 0.15) is 32.3 Å². The van der Waals surface area contributed by atoms with E-state index in [0.717, 1.165) is 59.4 Å². The normalized spacial score (nSPS) is 18.7. The number of sulfonamides is 2. The minimum atomic E-state index is -4.67. The first-order chi connectivity index (χ1) is 31.0. The Hall–Kier alpha value is -3.34. The third-order valence-electron chi connectivity index (χ3n) is 10.4. The van der Waals surface area contributed by atoms with Gasteiger partial charge in [-0.15, -0.1) is 22.7 Å². The highest BCUT2D eigenvalue weighted by Crippen LogP contribution is 2.47. The monoisotopic (exact) mass is 1130 g/mol. The molecular weight excluding hydrogens is 1090 g/mol. The van der Waals surface area contributed by atoms with Crippen LogP contribution in [0.5, 0.6) is 11.5 Å². The fraction of sp³-hybridized carbons (Fsp3) is 0.256. The predicted molar refractivity (Wildman–Crippen MR) is 259 cm³/mol. The number of hydrogen-bond acceptors (Lipinski definition) is 10. The minimum absolute atomic E-state index is 0.0196. The summed E-state index contributed by atoms with van der Waals surface area (Å²) in [5.74, 6) is -0.641. The lowest BCUT2D eigenvalue weighted by atomic mass is 10.1. The van der Waals surface area contributed by atoms with Gasteiger partial charge in [0, 0.05) is 54.7 Å². The van der Waals surface area contributed by atoms with Crippen LogP contribution in [-0.2, 0) is 26.2 Å². The summed E-state index contributed by atoms with van der Waals surface area (Å²) in [7, 11) is -8.31. The highest BCUT2D eigenvalue weighted by Gasteiger charge is 2.39. The highest BCUT2D eigenvalue weighted by atomic mass is 79.9. The van der Waals surface area contributed by atoms with Crippen molar-refractivity contribution in [3.05, 3.63) is 127 Å². The van der Waals surface area contributed by atoms with Gasteiger partial charge in [0.2, 0.25) is 0 Å². The van der Waals surface area contributed by atoms with Crippen LogP contribution in [0.2, 0.25) is 14.4 Å². The molecule has 0 unspecified atom stereocenters. The van der Waals surface area contributed by atoms with E-state index >= 15 is 0 Å². The van der Waals surface area contributed by atoms with Crippen molar-refractivity contribution in [1.82, 2.24) is 10.6 Å². The molecule has 2 saturated heterocycles. The Kier molecular flexibility index (Phi) is 15.3. The van der Waals surface area contributed by atoms with Gasteiger partial charge in [-0.1, -0.05) is 71.2 Å². The first-order valence-corrected chi connectivity index (χ1v) is 26.4. The quantitative estimate of drug-likeness (QED) is 0.0817. The second kappa shape index (κ2) is 19.9. The molecule has 0 bridgehead atoms. The Morgan fingerprint density at radius 3 is 2.03 bits per heavy atom. The molecule has 3 N–H and O–H groups in total. The molecule has 2 aliphatic rings. The van der Waals surface area contributed by atoms with Crippen molar-refractivity contribution < 1.29 is 43.9 Å². The summed E-state index contributed by atoms with van der Waals surface area (Å²) in [6.07, 6.45) is -3.36. The molecule has 4 aromatic carbocycles. The molecule has 0 spiro atoms. The van der Waals surface area contributed by atoms with Gasteiger partial charge in [0.25, 0.3) is 20.0 Å². The topological polar surface area (TPSA) is 126 Å². The van der Waals surface area contributed by atoms with Crippen molar-refractivity contribution in [2.24, 2.45) is 0 Å². The summed E-state index contributed by atoms with van der Waals surface area (Å²) in [6, 6.07) is 23.8. The van der Waals surface area contributed by atoms with E-state index in [2.05, 4.69) is 31.3 Å². The third kappa shape index (κ3) is 11.4. The van der Waals surface area contributed by atoms with E-state index in [0.29, 0.717) is 56.0 Å². The summed E-state index contributed by atoms with van der Waals surface area (Å²) >= 11 is 30.1. The maximum atomic E-state index is 13.6. The van der Waals surface area contributed by atoms with E-state index in [1.165, 1.54) is 36.4 Å². The number of anilines is 2. The molecule has 8 rings (SSSR count). The van der Waals surface area contributed by atoms with Gasteiger partial charge in [0.15, 0.2) is 0 Å². The summed E-state index contributed by atoms with van der Waals surface area (Å²) in [6.45, 7) is 6.13. The predicted octanol–water partition coefficient (Wildman–Crippen LogP) is 13.1. The maximum Gasteiger partial charge on any atom is 0.419 e. The number of halogens is 9. The lowest BCUT2D eigenvalue weighted by Gasteiger charge is -2.27. The standard InChI is InChI=1S/C22H19BrClF3N2O3S2.C21H18Cl3FN2O3S2/c1-21(9-10-28-12-21)32-16-11-14(7-8-15(16)22(25,26)27)29-34(30,31)19-17(23)18(33-20(19)24)13-5-3-2-4-6-13;1-21(8-9-26-12-21)30-18-11-14(3-4-15(18)22)27(24)32(28,29)20-7-6-19(31-20)13-2-5-17(25)16(23)10-13/h2-8,11,28-29H,9-10,12H2,1H3;2-7,10-11,26H,8-9,12H2,1H3/t2*21-/m11/s1. The Balaban J connectivity index is 0.000000197. The zero-order valence-corrected chi connectivity index (χ0v) is 42.3. The number of ether oxygens (including phenoxy) is 2. The molecule has 0 saturated carbocycles. The SMILES string of the molecule is C[C@@]1(Oc2cc(N(Cl)S(=O)(=O)c3ccc(-c4ccc(F)c(Cl)c4)s3)ccc2Cl)CCNC1.C[C@@]1(Oc2cc(NS(=O)(=O)c3c(Cl)sc(-c4ccccc4)c3Br)ccc2C(F)(F)F)CCNC1. The van der Waals surface area contributed by atoms with E-state index in [1.54, 1.807) is 19.1 Å². The van der Waals surface area contributed by atoms with Gasteiger partial charge in [0.05, 0.1) is 36.3 Å². The van der Waals surface area contributed by atoms with E-state index in [4.69, 9.17) is 56.1 Å². The van der Waals surface area contributed by atoms with Crippen LogP contribution in [0.3, 0.4) is 0 Å². The first-order valence-electron chi connectivity index (χ1n) is 19.6. The van der Waals surface area contributed by atoms with Gasteiger partial charge in [-0.2, -0.15) is 25.4 Å². The van der Waals surface area contributed by atoms with Gasteiger partial charge in [0.1, 0.15) is 42.0 Å². The Labute approximate surface area is 415 Å². The summed E-state index contributed by atoms with van der Waals surface area (Å²) in [5, 5.41) is 6.60. The fourth-order valence-corrected chi connectivity index (χ4v) is 14.8. The largest absolute Gasteiger partial charge is 0.485 e. The van der Waals surface area contributed by atoms with Crippen molar-refractivity contribution in [1.29, 1.82) is 0 Å². The highest BCUT2D eigenvalue weighted by molar-refractivity contribution is 9.10. The zero-order chi connectivity index (χ0) is 47.8. The molecule has 2 aliphatic heterocycles. The average molecular weight is 1130 g/mol. The van der Waals surface area contributed by atoms with Crippen molar-refractivity contribution in [3.63, 3.8) is 0 Å². The van der Waals surface area contributed by atoms with Crippen LogP contribution < -0.4 is 28.7 Å². The molecule has 0 radical (unpaired) electrons. The fourth-order valence-electron chi connectivity index (χ4n) is 6.93. The zero-order valence-electron chi connectivity index (χ0n) is 34.4. The average Bonchev–Trinajstić information content (AvgIpc) is 4.08. The van der Waals surface area contributed by atoms with E-state index in [9.17, 15) is 34.4 Å². The number of benzene rings is 4. The van der Waals surface area contributed by atoms with Crippen LogP contribution in [-0.4, -0.2) is 54.2 Å². The Bertz CT molecular complexity index is 2970. The molecule has 23 heteroatoms. The first kappa shape index (κ1) is 50.5. The van der Waals surface area contributed by atoms with E-state index in [1.807, 2.05) is 37.3 Å². The van der Waals surface area contributed by atoms with Crippen LogP contribution in [0, 0.1) is 5.82 Å². The van der Waals surface area contributed by atoms with Crippen LogP contribution in [0.15, 0.2) is 111 Å². The van der Waals surface area contributed by atoms with Gasteiger partial charge in [-0.05, 0) is 103 Å². The van der Waals surface area contributed by atoms with Crippen molar-refractivity contribution >= 4 is 117 Å². The molecule has 2 atom stereocenters. The number of alkyl halides is 3. The molecular formula is C43H37BrCl4F4N4O6S4. The molecule has 2 aromatic heterocycles. The summed E-state index contributed by atoms with van der Waals surface area (Å²) in [5.41, 5.74) is -0.784. The summed E-state index contributed by atoms with van der Waals surface area (Å²) in [4.78, 5) is 1.04. The molecule has 10 nitrogen and oxygen atoms in total. The molecule has 2 fully saturated rings. The lowest BCUT2D eigenvalue weighted by Crippen LogP contribution is -2.35. The number of hydrogen-bond donors (Lipinski definition) is 3. The molecule has 66 heavy (non-hydrogen) atoms. The number of nitrogens with zero attached hydrogens (tertiary/aromatic N) is 1. The van der Waals surface area contributed by atoms with Gasteiger partial charge >= 0.3 is 6.18 Å². The maximum absolute atomic E-state index is 13.6. The Morgan fingerprint density at radius 2 is 1.42 bits per heavy atom. The van der Waals surface area contributed by atoms with Crippen molar-refractivity contribution in [3.8, 4) is 32.4 Å². The molecule has 0 aliphatic carbocycles. The number of thiophene rings is 2. The summed E-state index contributed by atoms with van der Waals surface area (Å²) < 4.78 is 122. The van der Waals surface area contributed by atoms with Gasteiger partial charge in [-0.25, -0.2) is 12.8 Å². The van der Waals surface area contributed by atoms with Crippen LogP contribution in [0.4, 0.5) is 28.9 Å².